The molecule has 7 nitrogen and oxygen atoms in total. The maximum Gasteiger partial charge on any atom is 0.308 e. The zero-order valence-corrected chi connectivity index (χ0v) is 22.5. The summed E-state index contributed by atoms with van der Waals surface area (Å²) < 4.78 is 10.7. The predicted octanol–water partition coefficient (Wildman–Crippen LogP) is 5.74. The maximum absolute atomic E-state index is 11.6. The van der Waals surface area contributed by atoms with Crippen LogP contribution in [0, 0.1) is 12.3 Å². The number of rotatable bonds is 7. The number of imidazole rings is 1. The van der Waals surface area contributed by atoms with E-state index in [1.807, 2.05) is 38.1 Å². The number of benzene rings is 2. The van der Waals surface area contributed by atoms with Crippen LogP contribution in [0.3, 0.4) is 0 Å². The minimum absolute atomic E-state index is 0.136. The molecule has 1 atom stereocenters. The highest BCUT2D eigenvalue weighted by molar-refractivity contribution is 6.15. The van der Waals surface area contributed by atoms with Crippen molar-refractivity contribution in [3.63, 3.8) is 0 Å². The van der Waals surface area contributed by atoms with Crippen LogP contribution >= 0.6 is 11.6 Å². The first-order chi connectivity index (χ1) is 16.5. The molecule has 192 valence electrons. The van der Waals surface area contributed by atoms with E-state index in [0.717, 1.165) is 46.9 Å². The summed E-state index contributed by atoms with van der Waals surface area (Å²) >= 11 is 4.64. The number of hydrogen-bond donors (Lipinski definition) is 2. The Morgan fingerprint density at radius 1 is 1.20 bits per heavy atom. The predicted molar refractivity (Wildman–Crippen MR) is 142 cm³/mol. The van der Waals surface area contributed by atoms with E-state index in [4.69, 9.17) is 15.2 Å². The number of ether oxygens (including phenoxy) is 2. The molecule has 0 aliphatic heterocycles. The van der Waals surface area contributed by atoms with Crippen LogP contribution in [0.5, 0.6) is 11.5 Å². The van der Waals surface area contributed by atoms with Crippen LogP contribution in [0.1, 0.15) is 57.9 Å². The molecule has 1 unspecified atom stereocenters. The Morgan fingerprint density at radius 3 is 2.31 bits per heavy atom. The van der Waals surface area contributed by atoms with Crippen LogP contribution in [0.15, 0.2) is 36.8 Å². The smallest absolute Gasteiger partial charge is 0.308 e. The molecular formula is C27H38ClN3O4. The van der Waals surface area contributed by atoms with Gasteiger partial charge in [0.05, 0.1) is 6.33 Å². The second-order valence-corrected chi connectivity index (χ2v) is 9.43. The molecule has 0 spiro atoms. The van der Waals surface area contributed by atoms with Crippen molar-refractivity contribution in [3.8, 4) is 11.5 Å². The van der Waals surface area contributed by atoms with Gasteiger partial charge in [-0.25, -0.2) is 4.98 Å². The summed E-state index contributed by atoms with van der Waals surface area (Å²) in [7, 11) is 0. The van der Waals surface area contributed by atoms with Crippen molar-refractivity contribution in [2.24, 2.45) is 11.1 Å². The van der Waals surface area contributed by atoms with Crippen LogP contribution in [0.2, 0.25) is 0 Å². The van der Waals surface area contributed by atoms with Gasteiger partial charge in [-0.3, -0.25) is 9.59 Å². The number of halogens is 1. The zero-order valence-electron chi connectivity index (χ0n) is 21.8. The molecule has 0 radical (unpaired) electrons. The van der Waals surface area contributed by atoms with Crippen molar-refractivity contribution >= 4 is 34.8 Å². The highest BCUT2D eigenvalue weighted by Crippen LogP contribution is 2.43. The van der Waals surface area contributed by atoms with E-state index < -0.39 is 5.97 Å². The molecule has 0 fully saturated rings. The van der Waals surface area contributed by atoms with Gasteiger partial charge in [0.25, 0.3) is 6.47 Å². The van der Waals surface area contributed by atoms with Gasteiger partial charge in [-0.2, -0.15) is 0 Å². The van der Waals surface area contributed by atoms with Gasteiger partial charge >= 0.3 is 5.97 Å². The number of esters is 1. The molecule has 3 aromatic rings. The first kappa shape index (κ1) is 30.1. The van der Waals surface area contributed by atoms with E-state index in [9.17, 15) is 9.59 Å². The minimum Gasteiger partial charge on any atom is -0.424 e. The van der Waals surface area contributed by atoms with Crippen molar-refractivity contribution in [1.29, 1.82) is 0 Å². The van der Waals surface area contributed by atoms with E-state index >= 15 is 0 Å². The van der Waals surface area contributed by atoms with Gasteiger partial charge in [0.2, 0.25) is 0 Å². The third kappa shape index (κ3) is 9.70. The number of hydrogen-bond acceptors (Lipinski definition) is 6. The normalized spacial score (nSPS) is 11.5. The largest absolute Gasteiger partial charge is 0.424 e. The van der Waals surface area contributed by atoms with Crippen molar-refractivity contribution in [2.75, 3.05) is 6.38 Å². The van der Waals surface area contributed by atoms with Crippen molar-refractivity contribution in [1.82, 2.24) is 9.97 Å². The monoisotopic (exact) mass is 503 g/mol. The van der Waals surface area contributed by atoms with Crippen molar-refractivity contribution in [3.05, 3.63) is 53.6 Å². The Bertz CT molecular complexity index is 1070. The Hall–Kier alpha value is -2.90. The summed E-state index contributed by atoms with van der Waals surface area (Å²) in [5.41, 5.74) is 8.73. The Labute approximate surface area is 213 Å². The Kier molecular flexibility index (Phi) is 12.5. The van der Waals surface area contributed by atoms with Gasteiger partial charge in [-0.15, -0.1) is 11.6 Å². The fourth-order valence-corrected chi connectivity index (χ4v) is 3.56. The molecular weight excluding hydrogens is 466 g/mol. The van der Waals surface area contributed by atoms with E-state index in [-0.39, 0.29) is 11.5 Å². The van der Waals surface area contributed by atoms with Crippen molar-refractivity contribution in [2.45, 2.75) is 66.8 Å². The number of aryl methyl sites for hydroxylation is 1. The van der Waals surface area contributed by atoms with Crippen LogP contribution in [0.25, 0.3) is 10.8 Å². The molecule has 0 bridgehead atoms. The zero-order chi connectivity index (χ0) is 26.6. The van der Waals surface area contributed by atoms with Crippen LogP contribution in [0.4, 0.5) is 0 Å². The Morgan fingerprint density at radius 2 is 1.83 bits per heavy atom. The fraction of sp³-hybridized carbons (Fsp3) is 0.444. The molecule has 35 heavy (non-hydrogen) atoms. The molecule has 3 rings (SSSR count). The number of nitrogens with one attached hydrogen (secondary N) is 1. The second kappa shape index (κ2) is 14.5. The average molecular weight is 504 g/mol. The molecule has 0 saturated heterocycles. The quantitative estimate of drug-likeness (QED) is 0.184. The number of aromatic nitrogens is 2. The standard InChI is InChI=1S/C20H24O4.C6H11N3.CH3Cl/c1-13-15-8-6-7-9-17(15)18(23-12-21)19(24-14(2)22)16(13)10-11-20(3,4)5;1-5(7)2-6-3-8-4-9-6;1-2/h6-9,12H,10-11H2,1-5H3;3-5H,2,7H2,1H3,(H,8,9);1H3. The van der Waals surface area contributed by atoms with Gasteiger partial charge in [-0.1, -0.05) is 45.0 Å². The average Bonchev–Trinajstić information content (AvgIpc) is 3.29. The van der Waals surface area contributed by atoms with E-state index in [0.29, 0.717) is 18.0 Å². The molecule has 1 heterocycles. The lowest BCUT2D eigenvalue weighted by atomic mass is 9.86. The lowest BCUT2D eigenvalue weighted by molar-refractivity contribution is -0.132. The SMILES string of the molecule is CC(=O)Oc1c(CCC(C)(C)C)c(C)c2ccccc2c1OC=O.CC(N)Cc1cnc[nH]1.CCl. The summed E-state index contributed by atoms with van der Waals surface area (Å²) in [6.45, 7) is 12.2. The molecule has 8 heteroatoms. The molecule has 2 aromatic carbocycles. The summed E-state index contributed by atoms with van der Waals surface area (Å²) in [6.07, 6.45) is 7.46. The second-order valence-electron chi connectivity index (χ2n) is 9.43. The van der Waals surface area contributed by atoms with Gasteiger partial charge in [0.1, 0.15) is 0 Å². The summed E-state index contributed by atoms with van der Waals surface area (Å²) in [5.74, 6) is 0.234. The minimum atomic E-state index is -0.433. The van der Waals surface area contributed by atoms with Gasteiger partial charge in [0, 0.05) is 48.6 Å². The van der Waals surface area contributed by atoms with E-state index in [1.165, 1.54) is 13.3 Å². The number of nitrogens with two attached hydrogens (primary N) is 1. The van der Waals surface area contributed by atoms with Crippen LogP contribution < -0.4 is 15.2 Å². The first-order valence-electron chi connectivity index (χ1n) is 11.5. The van der Waals surface area contributed by atoms with Crippen molar-refractivity contribution < 1.29 is 19.1 Å². The maximum atomic E-state index is 11.6. The summed E-state index contributed by atoms with van der Waals surface area (Å²) in [4.78, 5) is 29.5. The highest BCUT2D eigenvalue weighted by Gasteiger charge is 2.23. The number of carbonyl (C=O) groups excluding carboxylic acids is 2. The molecule has 0 amide bonds. The first-order valence-corrected chi connectivity index (χ1v) is 12.2. The highest BCUT2D eigenvalue weighted by atomic mass is 35.5. The summed E-state index contributed by atoms with van der Waals surface area (Å²) in [5, 5.41) is 1.76. The number of nitrogens with zero attached hydrogens (tertiary/aromatic N) is 1. The molecule has 1 aromatic heterocycles. The van der Waals surface area contributed by atoms with Gasteiger partial charge in [-0.05, 0) is 43.1 Å². The number of carbonyl (C=O) groups is 2. The fourth-order valence-electron chi connectivity index (χ4n) is 3.56. The number of fused-ring (bicyclic) bond motifs is 1. The Balaban J connectivity index is 0.000000464. The van der Waals surface area contributed by atoms with E-state index in [1.54, 1.807) is 12.5 Å². The third-order valence-electron chi connectivity index (χ3n) is 5.14. The lowest BCUT2D eigenvalue weighted by Gasteiger charge is -2.22. The number of H-pyrrole nitrogens is 1. The van der Waals surface area contributed by atoms with Crippen LogP contribution in [-0.4, -0.2) is 34.8 Å². The lowest BCUT2D eigenvalue weighted by Crippen LogP contribution is -2.17. The number of aromatic amines is 1. The van der Waals surface area contributed by atoms with Gasteiger partial charge in [0.15, 0.2) is 11.5 Å². The molecule has 3 N–H and O–H groups in total. The molecule has 0 saturated carbocycles. The topological polar surface area (TPSA) is 107 Å². The molecule has 0 aliphatic rings. The third-order valence-corrected chi connectivity index (χ3v) is 5.14. The van der Waals surface area contributed by atoms with E-state index in [2.05, 4.69) is 42.3 Å². The summed E-state index contributed by atoms with van der Waals surface area (Å²) in [6, 6.07) is 7.87. The number of alkyl halides is 1. The van der Waals surface area contributed by atoms with Crippen LogP contribution in [-0.2, 0) is 22.4 Å². The molecule has 0 aliphatic carbocycles. The van der Waals surface area contributed by atoms with Gasteiger partial charge < -0.3 is 20.2 Å².